The van der Waals surface area contributed by atoms with Gasteiger partial charge in [0, 0.05) is 12.2 Å². The van der Waals surface area contributed by atoms with Crippen molar-refractivity contribution >= 4 is 17.5 Å². The average Bonchev–Trinajstić information content (AvgIpc) is 2.54. The zero-order chi connectivity index (χ0) is 15.1. The highest BCUT2D eigenvalue weighted by atomic mass is 16.3. The molecule has 0 saturated heterocycles. The predicted molar refractivity (Wildman–Crippen MR) is 79.5 cm³/mol. The quantitative estimate of drug-likeness (QED) is 0.744. The molecule has 21 heavy (non-hydrogen) atoms. The third kappa shape index (κ3) is 4.43. The fourth-order valence-corrected chi connectivity index (χ4v) is 1.77. The van der Waals surface area contributed by atoms with Crippen molar-refractivity contribution in [3.05, 3.63) is 66.2 Å². The maximum atomic E-state index is 11.7. The van der Waals surface area contributed by atoms with Crippen molar-refractivity contribution in [2.75, 3.05) is 11.9 Å². The summed E-state index contributed by atoms with van der Waals surface area (Å²) in [4.78, 5) is 23.3. The van der Waals surface area contributed by atoms with Gasteiger partial charge in [0.2, 0.25) is 0 Å². The van der Waals surface area contributed by atoms with Gasteiger partial charge in [0.15, 0.2) is 0 Å². The van der Waals surface area contributed by atoms with Gasteiger partial charge < -0.3 is 15.7 Å². The summed E-state index contributed by atoms with van der Waals surface area (Å²) in [6.45, 7) is -0.0228. The smallest absolute Gasteiger partial charge is 0.313 e. The lowest BCUT2D eigenvalue weighted by atomic mass is 10.1. The number of aliphatic hydroxyl groups is 1. The van der Waals surface area contributed by atoms with Crippen LogP contribution in [0.15, 0.2) is 60.7 Å². The molecule has 108 valence electrons. The zero-order valence-corrected chi connectivity index (χ0v) is 11.3. The number of nitrogens with one attached hydrogen (secondary N) is 2. The van der Waals surface area contributed by atoms with Crippen molar-refractivity contribution in [3.63, 3.8) is 0 Å². The standard InChI is InChI=1S/C16H16N2O3/c19-14(12-7-3-1-4-8-12)11-17-15(20)16(21)18-13-9-5-2-6-10-13/h1-10,14,19H,11H2,(H,17,20)(H,18,21)/t14-/m0/s1. The van der Waals surface area contributed by atoms with Crippen LogP contribution in [0.25, 0.3) is 0 Å². The molecule has 0 aliphatic carbocycles. The molecule has 0 spiro atoms. The Kier molecular flexibility index (Phi) is 5.06. The van der Waals surface area contributed by atoms with Crippen LogP contribution < -0.4 is 10.6 Å². The highest BCUT2D eigenvalue weighted by Gasteiger charge is 2.15. The van der Waals surface area contributed by atoms with E-state index in [0.717, 1.165) is 0 Å². The van der Waals surface area contributed by atoms with E-state index in [1.807, 2.05) is 12.1 Å². The summed E-state index contributed by atoms with van der Waals surface area (Å²) in [5.74, 6) is -1.55. The molecule has 2 aromatic rings. The Bertz CT molecular complexity index is 599. The maximum Gasteiger partial charge on any atom is 0.313 e. The zero-order valence-electron chi connectivity index (χ0n) is 11.3. The molecule has 0 unspecified atom stereocenters. The second-order valence-corrected chi connectivity index (χ2v) is 4.46. The fraction of sp³-hybridized carbons (Fsp3) is 0.125. The second kappa shape index (κ2) is 7.21. The number of hydrogen-bond acceptors (Lipinski definition) is 3. The lowest BCUT2D eigenvalue weighted by Gasteiger charge is -2.12. The van der Waals surface area contributed by atoms with Gasteiger partial charge in [0.05, 0.1) is 6.10 Å². The topological polar surface area (TPSA) is 78.4 Å². The summed E-state index contributed by atoms with van der Waals surface area (Å²) in [7, 11) is 0. The molecule has 0 aliphatic heterocycles. The van der Waals surface area contributed by atoms with Gasteiger partial charge in [-0.3, -0.25) is 9.59 Å². The lowest BCUT2D eigenvalue weighted by Crippen LogP contribution is -2.37. The first-order valence-corrected chi connectivity index (χ1v) is 6.54. The van der Waals surface area contributed by atoms with E-state index in [2.05, 4.69) is 10.6 Å². The molecular weight excluding hydrogens is 268 g/mol. The summed E-state index contributed by atoms with van der Waals surface area (Å²) in [6, 6.07) is 17.6. The van der Waals surface area contributed by atoms with E-state index in [-0.39, 0.29) is 6.54 Å². The number of para-hydroxylation sites is 1. The van der Waals surface area contributed by atoms with Gasteiger partial charge in [-0.15, -0.1) is 0 Å². The Morgan fingerprint density at radius 2 is 1.48 bits per heavy atom. The van der Waals surface area contributed by atoms with Crippen molar-refractivity contribution in [1.29, 1.82) is 0 Å². The molecule has 0 saturated carbocycles. The maximum absolute atomic E-state index is 11.7. The van der Waals surface area contributed by atoms with Crippen LogP contribution in [0.3, 0.4) is 0 Å². The second-order valence-electron chi connectivity index (χ2n) is 4.46. The Morgan fingerprint density at radius 1 is 0.905 bits per heavy atom. The van der Waals surface area contributed by atoms with E-state index < -0.39 is 17.9 Å². The van der Waals surface area contributed by atoms with Crippen LogP contribution in [0.2, 0.25) is 0 Å². The molecular formula is C16H16N2O3. The van der Waals surface area contributed by atoms with Crippen molar-refractivity contribution in [3.8, 4) is 0 Å². The molecule has 2 rings (SSSR count). The molecule has 2 amide bonds. The van der Waals surface area contributed by atoms with E-state index >= 15 is 0 Å². The van der Waals surface area contributed by atoms with E-state index in [1.165, 1.54) is 0 Å². The van der Waals surface area contributed by atoms with Gasteiger partial charge >= 0.3 is 11.8 Å². The van der Waals surface area contributed by atoms with E-state index in [4.69, 9.17) is 0 Å². The number of carbonyl (C=O) groups is 2. The van der Waals surface area contributed by atoms with Gasteiger partial charge in [0.1, 0.15) is 0 Å². The molecule has 0 fully saturated rings. The minimum atomic E-state index is -0.848. The molecule has 0 aliphatic rings. The fourth-order valence-electron chi connectivity index (χ4n) is 1.77. The van der Waals surface area contributed by atoms with Crippen LogP contribution in [-0.2, 0) is 9.59 Å². The number of anilines is 1. The highest BCUT2D eigenvalue weighted by molar-refractivity contribution is 6.39. The number of amides is 2. The Labute approximate surface area is 122 Å². The van der Waals surface area contributed by atoms with E-state index in [9.17, 15) is 14.7 Å². The van der Waals surface area contributed by atoms with Crippen LogP contribution in [0, 0.1) is 0 Å². The summed E-state index contributed by atoms with van der Waals surface area (Å²) in [5.41, 5.74) is 1.22. The number of aliphatic hydroxyl groups excluding tert-OH is 1. The number of carbonyl (C=O) groups excluding carboxylic acids is 2. The Balaban J connectivity index is 1.83. The first kappa shape index (κ1) is 14.7. The Hall–Kier alpha value is -2.66. The summed E-state index contributed by atoms with van der Waals surface area (Å²) in [6.07, 6.45) is -0.848. The van der Waals surface area contributed by atoms with Crippen LogP contribution in [0.5, 0.6) is 0 Å². The SMILES string of the molecule is O=C(NC[C@H](O)c1ccccc1)C(=O)Nc1ccccc1. The third-order valence-electron chi connectivity index (χ3n) is 2.88. The molecule has 0 aromatic heterocycles. The van der Waals surface area contributed by atoms with Crippen LogP contribution in [-0.4, -0.2) is 23.5 Å². The van der Waals surface area contributed by atoms with Crippen molar-refractivity contribution < 1.29 is 14.7 Å². The number of benzene rings is 2. The third-order valence-corrected chi connectivity index (χ3v) is 2.88. The van der Waals surface area contributed by atoms with Crippen molar-refractivity contribution in [1.82, 2.24) is 5.32 Å². The average molecular weight is 284 g/mol. The predicted octanol–water partition coefficient (Wildman–Crippen LogP) is 1.47. The molecule has 0 radical (unpaired) electrons. The minimum absolute atomic E-state index is 0.0228. The summed E-state index contributed by atoms with van der Waals surface area (Å²) >= 11 is 0. The lowest BCUT2D eigenvalue weighted by molar-refractivity contribution is -0.136. The van der Waals surface area contributed by atoms with Gasteiger partial charge in [-0.2, -0.15) is 0 Å². The molecule has 2 aromatic carbocycles. The Morgan fingerprint density at radius 3 is 2.10 bits per heavy atom. The van der Waals surface area contributed by atoms with Crippen LogP contribution in [0.4, 0.5) is 5.69 Å². The first-order chi connectivity index (χ1) is 10.2. The molecule has 3 N–H and O–H groups in total. The normalized spacial score (nSPS) is 11.5. The number of rotatable bonds is 4. The summed E-state index contributed by atoms with van der Waals surface area (Å²) < 4.78 is 0. The van der Waals surface area contributed by atoms with Crippen LogP contribution in [0.1, 0.15) is 11.7 Å². The monoisotopic (exact) mass is 284 g/mol. The van der Waals surface area contributed by atoms with Gasteiger partial charge in [-0.25, -0.2) is 0 Å². The highest BCUT2D eigenvalue weighted by Crippen LogP contribution is 2.10. The molecule has 0 heterocycles. The van der Waals surface area contributed by atoms with Crippen LogP contribution >= 0.6 is 0 Å². The molecule has 1 atom stereocenters. The number of hydrogen-bond donors (Lipinski definition) is 3. The van der Waals surface area contributed by atoms with Gasteiger partial charge in [-0.05, 0) is 17.7 Å². The summed E-state index contributed by atoms with van der Waals surface area (Å²) in [5, 5.41) is 14.8. The van der Waals surface area contributed by atoms with E-state index in [1.54, 1.807) is 48.5 Å². The first-order valence-electron chi connectivity index (χ1n) is 6.54. The van der Waals surface area contributed by atoms with Gasteiger partial charge in [-0.1, -0.05) is 48.5 Å². The van der Waals surface area contributed by atoms with Crippen molar-refractivity contribution in [2.45, 2.75) is 6.10 Å². The van der Waals surface area contributed by atoms with E-state index in [0.29, 0.717) is 11.3 Å². The largest absolute Gasteiger partial charge is 0.387 e. The molecule has 0 bridgehead atoms. The molecule has 5 nitrogen and oxygen atoms in total. The minimum Gasteiger partial charge on any atom is -0.387 e. The van der Waals surface area contributed by atoms with Gasteiger partial charge in [0.25, 0.3) is 0 Å². The van der Waals surface area contributed by atoms with Crippen molar-refractivity contribution in [2.24, 2.45) is 0 Å². The molecule has 5 heteroatoms.